The number of amides is 1. The lowest BCUT2D eigenvalue weighted by Crippen LogP contribution is -2.25. The van der Waals surface area contributed by atoms with Crippen molar-refractivity contribution in [1.29, 1.82) is 0 Å². The number of nitrogens with zero attached hydrogens (tertiary/aromatic N) is 1. The Morgan fingerprint density at radius 3 is 2.55 bits per heavy atom. The smallest absolute Gasteiger partial charge is 0.277 e. The van der Waals surface area contributed by atoms with Crippen LogP contribution >= 0.6 is 27.5 Å². The minimum absolute atomic E-state index is 0.118. The van der Waals surface area contributed by atoms with E-state index < -0.39 is 0 Å². The van der Waals surface area contributed by atoms with Gasteiger partial charge in [0.2, 0.25) is 0 Å². The van der Waals surface area contributed by atoms with Gasteiger partial charge >= 0.3 is 0 Å². The van der Waals surface area contributed by atoms with Crippen molar-refractivity contribution < 1.29 is 14.3 Å². The predicted molar refractivity (Wildman–Crippen MR) is 136 cm³/mol. The van der Waals surface area contributed by atoms with Crippen LogP contribution in [0.3, 0.4) is 0 Å². The van der Waals surface area contributed by atoms with Gasteiger partial charge in [-0.2, -0.15) is 5.10 Å². The maximum absolute atomic E-state index is 12.2. The number of carbonyl (C=O) groups is 1. The van der Waals surface area contributed by atoms with E-state index in [2.05, 4.69) is 40.3 Å². The van der Waals surface area contributed by atoms with Gasteiger partial charge < -0.3 is 9.47 Å². The molecule has 0 fully saturated rings. The molecule has 0 unspecified atom stereocenters. The van der Waals surface area contributed by atoms with Gasteiger partial charge in [0.1, 0.15) is 18.1 Å². The van der Waals surface area contributed by atoms with E-state index in [1.165, 1.54) is 0 Å². The molecular weight excluding hydrogens is 504 g/mol. The molecule has 7 heteroatoms. The number of carbonyl (C=O) groups excluding carboxylic acids is 1. The van der Waals surface area contributed by atoms with Gasteiger partial charge in [0, 0.05) is 15.1 Å². The number of benzene rings is 3. The number of hydrogen-bond donors (Lipinski definition) is 1. The van der Waals surface area contributed by atoms with Crippen LogP contribution in [0.2, 0.25) is 5.02 Å². The van der Waals surface area contributed by atoms with Gasteiger partial charge in [0.25, 0.3) is 5.91 Å². The average molecular weight is 530 g/mol. The summed E-state index contributed by atoms with van der Waals surface area (Å²) >= 11 is 9.69. The Kier molecular flexibility index (Phi) is 8.92. The summed E-state index contributed by atoms with van der Waals surface area (Å²) in [6.45, 7) is 6.42. The first-order chi connectivity index (χ1) is 15.8. The van der Waals surface area contributed by atoms with Crippen molar-refractivity contribution in [2.75, 3.05) is 6.61 Å². The molecule has 0 aliphatic carbocycles. The monoisotopic (exact) mass is 528 g/mol. The topological polar surface area (TPSA) is 59.9 Å². The third-order valence-electron chi connectivity index (χ3n) is 4.91. The zero-order valence-electron chi connectivity index (χ0n) is 18.8. The first kappa shape index (κ1) is 24.8. The van der Waals surface area contributed by atoms with E-state index in [1.807, 2.05) is 67.6 Å². The van der Waals surface area contributed by atoms with Gasteiger partial charge in [-0.15, -0.1) is 0 Å². The normalized spacial score (nSPS) is 11.1. The van der Waals surface area contributed by atoms with Crippen molar-refractivity contribution in [3.63, 3.8) is 0 Å². The zero-order chi connectivity index (χ0) is 23.8. The van der Waals surface area contributed by atoms with Crippen molar-refractivity contribution in [1.82, 2.24) is 5.43 Å². The highest BCUT2D eigenvalue weighted by molar-refractivity contribution is 9.10. The van der Waals surface area contributed by atoms with Crippen molar-refractivity contribution in [3.05, 3.63) is 92.4 Å². The number of ether oxygens (including phenoxy) is 2. The molecule has 1 amide bonds. The van der Waals surface area contributed by atoms with Crippen LogP contribution in [-0.4, -0.2) is 18.7 Å². The van der Waals surface area contributed by atoms with E-state index in [9.17, 15) is 4.79 Å². The third kappa shape index (κ3) is 7.34. The quantitative estimate of drug-likeness (QED) is 0.250. The van der Waals surface area contributed by atoms with Crippen molar-refractivity contribution in [2.45, 2.75) is 33.3 Å². The second-order valence-electron chi connectivity index (χ2n) is 7.82. The van der Waals surface area contributed by atoms with E-state index in [0.29, 0.717) is 17.4 Å². The Bertz CT molecular complexity index is 1130. The highest BCUT2D eigenvalue weighted by Crippen LogP contribution is 2.32. The molecule has 0 spiro atoms. The first-order valence-electron chi connectivity index (χ1n) is 10.5. The standard InChI is InChI=1S/C26H26BrClN2O3/c1-17(2)22-13-23(27)18(3)12-25(22)33-16-26(31)30-29-14-19-8-10-21(11-9-19)32-15-20-6-4-5-7-24(20)28/h4-14,17H,15-16H2,1-3H3,(H,30,31)/b29-14+. The maximum Gasteiger partial charge on any atom is 0.277 e. The van der Waals surface area contributed by atoms with Gasteiger partial charge in [0.15, 0.2) is 6.61 Å². The molecule has 5 nitrogen and oxygen atoms in total. The van der Waals surface area contributed by atoms with Crippen LogP contribution in [0.5, 0.6) is 11.5 Å². The molecule has 3 aromatic rings. The molecule has 0 saturated carbocycles. The zero-order valence-corrected chi connectivity index (χ0v) is 21.1. The Balaban J connectivity index is 1.48. The van der Waals surface area contributed by atoms with Crippen LogP contribution in [0.4, 0.5) is 0 Å². The summed E-state index contributed by atoms with van der Waals surface area (Å²) in [5, 5.41) is 4.69. The minimum Gasteiger partial charge on any atom is -0.489 e. The second kappa shape index (κ2) is 11.9. The van der Waals surface area contributed by atoms with E-state index >= 15 is 0 Å². The molecule has 0 aliphatic rings. The number of halogens is 2. The minimum atomic E-state index is -0.332. The average Bonchev–Trinajstić information content (AvgIpc) is 2.79. The summed E-state index contributed by atoms with van der Waals surface area (Å²) < 4.78 is 12.5. The number of nitrogens with one attached hydrogen (secondary N) is 1. The van der Waals surface area contributed by atoms with Gasteiger partial charge in [0.05, 0.1) is 6.21 Å². The van der Waals surface area contributed by atoms with Gasteiger partial charge in [-0.05, 0) is 72.0 Å². The fourth-order valence-corrected chi connectivity index (χ4v) is 3.58. The largest absolute Gasteiger partial charge is 0.489 e. The van der Waals surface area contributed by atoms with Crippen molar-refractivity contribution >= 4 is 39.7 Å². The van der Waals surface area contributed by atoms with Crippen LogP contribution < -0.4 is 14.9 Å². The lowest BCUT2D eigenvalue weighted by Gasteiger charge is -2.15. The van der Waals surface area contributed by atoms with Gasteiger partial charge in [-0.3, -0.25) is 4.79 Å². The van der Waals surface area contributed by atoms with E-state index in [1.54, 1.807) is 6.21 Å². The molecule has 0 heterocycles. The Morgan fingerprint density at radius 1 is 1.12 bits per heavy atom. The summed E-state index contributed by atoms with van der Waals surface area (Å²) in [5.41, 5.74) is 6.33. The third-order valence-corrected chi connectivity index (χ3v) is 6.13. The second-order valence-corrected chi connectivity index (χ2v) is 9.09. The van der Waals surface area contributed by atoms with Crippen molar-refractivity contribution in [2.24, 2.45) is 5.10 Å². The molecule has 3 rings (SSSR count). The molecule has 172 valence electrons. The Labute approximate surface area is 207 Å². The maximum atomic E-state index is 12.2. The van der Waals surface area contributed by atoms with E-state index in [0.717, 1.165) is 32.5 Å². The summed E-state index contributed by atoms with van der Waals surface area (Å²) in [6.07, 6.45) is 1.57. The molecule has 1 N–H and O–H groups in total. The highest BCUT2D eigenvalue weighted by atomic mass is 79.9. The summed E-state index contributed by atoms with van der Waals surface area (Å²) in [5.74, 6) is 1.36. The Hall–Kier alpha value is -2.83. The van der Waals surface area contributed by atoms with Crippen LogP contribution in [0.15, 0.2) is 70.2 Å². The molecule has 0 radical (unpaired) electrons. The summed E-state index contributed by atoms with van der Waals surface area (Å²) in [7, 11) is 0. The molecule has 33 heavy (non-hydrogen) atoms. The lowest BCUT2D eigenvalue weighted by atomic mass is 10.0. The van der Waals surface area contributed by atoms with E-state index in [-0.39, 0.29) is 18.4 Å². The van der Waals surface area contributed by atoms with Crippen LogP contribution in [0.25, 0.3) is 0 Å². The molecule has 0 aliphatic heterocycles. The van der Waals surface area contributed by atoms with Gasteiger partial charge in [-0.25, -0.2) is 5.43 Å². The summed E-state index contributed by atoms with van der Waals surface area (Å²) in [4.78, 5) is 12.2. The molecule has 0 bridgehead atoms. The lowest BCUT2D eigenvalue weighted by molar-refractivity contribution is -0.123. The SMILES string of the molecule is Cc1cc(OCC(=O)N/N=C/c2ccc(OCc3ccccc3Cl)cc2)c(C(C)C)cc1Br. The molecule has 3 aromatic carbocycles. The molecule has 0 saturated heterocycles. The fraction of sp³-hybridized carbons (Fsp3) is 0.231. The molecular formula is C26H26BrClN2O3. The van der Waals surface area contributed by atoms with Crippen LogP contribution in [0.1, 0.15) is 42.0 Å². The highest BCUT2D eigenvalue weighted by Gasteiger charge is 2.12. The number of rotatable bonds is 9. The Morgan fingerprint density at radius 2 is 1.85 bits per heavy atom. The number of hydrogen-bond acceptors (Lipinski definition) is 4. The molecule has 0 atom stereocenters. The van der Waals surface area contributed by atoms with Crippen LogP contribution in [-0.2, 0) is 11.4 Å². The first-order valence-corrected chi connectivity index (χ1v) is 11.7. The summed E-state index contributed by atoms with van der Waals surface area (Å²) in [6, 6.07) is 18.9. The molecule has 0 aromatic heterocycles. The number of hydrazone groups is 1. The van der Waals surface area contributed by atoms with Crippen molar-refractivity contribution in [3.8, 4) is 11.5 Å². The van der Waals surface area contributed by atoms with E-state index in [4.69, 9.17) is 21.1 Å². The fourth-order valence-electron chi connectivity index (χ4n) is 3.03. The predicted octanol–water partition coefficient (Wildman–Crippen LogP) is 6.64. The number of aryl methyl sites for hydroxylation is 1. The van der Waals surface area contributed by atoms with Crippen LogP contribution in [0, 0.1) is 6.92 Å². The van der Waals surface area contributed by atoms with Gasteiger partial charge in [-0.1, -0.05) is 59.6 Å².